The molecule has 0 aliphatic carbocycles. The Kier molecular flexibility index (Phi) is 10.3. The standard InChI is InChI=1S/C15H16.C9H12.2CH4/c1-12-8-9-13(2)15(10-12)11-14-6-4-3-5-7-14;1-7-4-5-8(2)9(3)6-7;;/h3-10H,11H2,1-2H3;4-6H,1-3H3;2*1H4. The van der Waals surface area contributed by atoms with Crippen molar-refractivity contribution < 1.29 is 0 Å². The molecule has 0 unspecified atom stereocenters. The van der Waals surface area contributed by atoms with E-state index in [9.17, 15) is 0 Å². The minimum atomic E-state index is 0. The van der Waals surface area contributed by atoms with E-state index in [-0.39, 0.29) is 14.9 Å². The number of hydrogen-bond acceptors (Lipinski definition) is 0. The fraction of sp³-hybridized carbons (Fsp3) is 0.308. The Balaban J connectivity index is 0.000000496. The van der Waals surface area contributed by atoms with Crippen molar-refractivity contribution in [2.75, 3.05) is 0 Å². The van der Waals surface area contributed by atoms with E-state index in [1.807, 2.05) is 0 Å². The lowest BCUT2D eigenvalue weighted by molar-refractivity contribution is 1.14. The maximum absolute atomic E-state index is 2.28. The van der Waals surface area contributed by atoms with Gasteiger partial charge in [-0.3, -0.25) is 0 Å². The minimum absolute atomic E-state index is 0. The van der Waals surface area contributed by atoms with Gasteiger partial charge in [-0.1, -0.05) is 92.7 Å². The van der Waals surface area contributed by atoms with Crippen molar-refractivity contribution in [2.24, 2.45) is 0 Å². The average Bonchev–Trinajstić information content (AvgIpc) is 2.56. The Morgan fingerprint density at radius 2 is 1.08 bits per heavy atom. The molecule has 0 spiro atoms. The van der Waals surface area contributed by atoms with E-state index in [1.54, 1.807) is 0 Å². The number of hydrogen-bond donors (Lipinski definition) is 0. The molecule has 0 aliphatic heterocycles. The smallest absolute Gasteiger partial charge is 0.00231 e. The second-order valence-corrected chi connectivity index (χ2v) is 6.68. The highest BCUT2D eigenvalue weighted by Crippen LogP contribution is 2.15. The van der Waals surface area contributed by atoms with Crippen molar-refractivity contribution in [2.45, 2.75) is 55.9 Å². The van der Waals surface area contributed by atoms with Crippen LogP contribution in [0.4, 0.5) is 0 Å². The van der Waals surface area contributed by atoms with Crippen LogP contribution >= 0.6 is 0 Å². The zero-order chi connectivity index (χ0) is 17.5. The van der Waals surface area contributed by atoms with E-state index in [0.717, 1.165) is 6.42 Å². The molecule has 3 aromatic rings. The van der Waals surface area contributed by atoms with E-state index < -0.39 is 0 Å². The summed E-state index contributed by atoms with van der Waals surface area (Å²) in [4.78, 5) is 0. The Bertz CT molecular complexity index is 782. The molecule has 0 aliphatic rings. The lowest BCUT2D eigenvalue weighted by atomic mass is 9.99. The molecule has 0 amide bonds. The monoisotopic (exact) mass is 348 g/mol. The van der Waals surface area contributed by atoms with E-state index in [1.165, 1.54) is 38.9 Å². The second kappa shape index (κ2) is 11.3. The van der Waals surface area contributed by atoms with Gasteiger partial charge in [-0.05, 0) is 68.9 Å². The molecule has 0 saturated heterocycles. The van der Waals surface area contributed by atoms with Gasteiger partial charge in [0.15, 0.2) is 0 Å². The van der Waals surface area contributed by atoms with Gasteiger partial charge >= 0.3 is 0 Å². The third-order valence-corrected chi connectivity index (χ3v) is 4.40. The van der Waals surface area contributed by atoms with Crippen molar-refractivity contribution in [1.82, 2.24) is 0 Å². The van der Waals surface area contributed by atoms with Crippen LogP contribution in [-0.4, -0.2) is 0 Å². The molecule has 0 aromatic heterocycles. The number of rotatable bonds is 2. The summed E-state index contributed by atoms with van der Waals surface area (Å²) in [6.07, 6.45) is 1.04. The van der Waals surface area contributed by atoms with Gasteiger partial charge in [0.2, 0.25) is 0 Å². The molecular formula is C26H36. The summed E-state index contributed by atoms with van der Waals surface area (Å²) in [5.41, 5.74) is 9.64. The summed E-state index contributed by atoms with van der Waals surface area (Å²) in [5.74, 6) is 0. The molecule has 0 fully saturated rings. The van der Waals surface area contributed by atoms with Crippen LogP contribution in [0.25, 0.3) is 0 Å². The molecule has 0 N–H and O–H groups in total. The first kappa shape index (κ1) is 23.7. The zero-order valence-electron chi connectivity index (χ0n) is 15.6. The second-order valence-electron chi connectivity index (χ2n) is 6.68. The average molecular weight is 349 g/mol. The fourth-order valence-corrected chi connectivity index (χ4v) is 2.70. The van der Waals surface area contributed by atoms with E-state index >= 15 is 0 Å². The van der Waals surface area contributed by atoms with Crippen molar-refractivity contribution in [1.29, 1.82) is 0 Å². The molecule has 26 heavy (non-hydrogen) atoms. The van der Waals surface area contributed by atoms with Crippen LogP contribution in [-0.2, 0) is 6.42 Å². The molecule has 0 saturated carbocycles. The molecule has 140 valence electrons. The molecule has 0 nitrogen and oxygen atoms in total. The highest BCUT2D eigenvalue weighted by molar-refractivity contribution is 5.34. The molecule has 0 bridgehead atoms. The maximum atomic E-state index is 2.28. The zero-order valence-corrected chi connectivity index (χ0v) is 15.6. The van der Waals surface area contributed by atoms with Gasteiger partial charge in [0.05, 0.1) is 0 Å². The Labute approximate surface area is 161 Å². The molecule has 0 heteroatoms. The summed E-state index contributed by atoms with van der Waals surface area (Å²) >= 11 is 0. The minimum Gasteiger partial charge on any atom is -0.0776 e. The van der Waals surface area contributed by atoms with Crippen LogP contribution in [0.15, 0.2) is 66.7 Å². The normalized spacial score (nSPS) is 9.27. The van der Waals surface area contributed by atoms with Crippen LogP contribution in [0.2, 0.25) is 0 Å². The Morgan fingerprint density at radius 3 is 1.62 bits per heavy atom. The number of benzene rings is 3. The van der Waals surface area contributed by atoms with Crippen LogP contribution < -0.4 is 0 Å². The first-order valence-electron chi connectivity index (χ1n) is 8.59. The molecule has 3 aromatic carbocycles. The van der Waals surface area contributed by atoms with Gasteiger partial charge in [0.25, 0.3) is 0 Å². The van der Waals surface area contributed by atoms with Crippen LogP contribution in [0, 0.1) is 34.6 Å². The van der Waals surface area contributed by atoms with Crippen LogP contribution in [0.3, 0.4) is 0 Å². The van der Waals surface area contributed by atoms with Gasteiger partial charge in [-0.2, -0.15) is 0 Å². The Morgan fingerprint density at radius 1 is 0.538 bits per heavy atom. The van der Waals surface area contributed by atoms with Crippen LogP contribution in [0.5, 0.6) is 0 Å². The van der Waals surface area contributed by atoms with E-state index in [0.29, 0.717) is 0 Å². The first-order chi connectivity index (χ1) is 11.5. The lowest BCUT2D eigenvalue weighted by Gasteiger charge is -2.07. The van der Waals surface area contributed by atoms with E-state index in [4.69, 9.17) is 0 Å². The predicted octanol–water partition coefficient (Wildman–Crippen LogP) is 7.78. The van der Waals surface area contributed by atoms with Crippen LogP contribution in [0.1, 0.15) is 53.8 Å². The lowest BCUT2D eigenvalue weighted by Crippen LogP contribution is -1.92. The van der Waals surface area contributed by atoms with Gasteiger partial charge in [-0.15, -0.1) is 0 Å². The maximum Gasteiger partial charge on any atom is -0.00231 e. The van der Waals surface area contributed by atoms with Crippen molar-refractivity contribution in [3.05, 3.63) is 106 Å². The summed E-state index contributed by atoms with van der Waals surface area (Å²) in [7, 11) is 0. The van der Waals surface area contributed by atoms with Crippen molar-refractivity contribution >= 4 is 0 Å². The van der Waals surface area contributed by atoms with Gasteiger partial charge in [0, 0.05) is 0 Å². The van der Waals surface area contributed by atoms with Crippen molar-refractivity contribution in [3.63, 3.8) is 0 Å². The summed E-state index contributed by atoms with van der Waals surface area (Å²) < 4.78 is 0. The molecule has 0 heterocycles. The van der Waals surface area contributed by atoms with Gasteiger partial charge in [0.1, 0.15) is 0 Å². The first-order valence-corrected chi connectivity index (χ1v) is 8.59. The third-order valence-electron chi connectivity index (χ3n) is 4.40. The number of aryl methyl sites for hydroxylation is 5. The summed E-state index contributed by atoms with van der Waals surface area (Å²) in [6, 6.07) is 23.8. The van der Waals surface area contributed by atoms with E-state index in [2.05, 4.69) is 101 Å². The largest absolute Gasteiger partial charge is 0.0776 e. The SMILES string of the molecule is C.C.Cc1ccc(C)c(C)c1.Cc1ccc(C)c(Cc2ccccc2)c1. The summed E-state index contributed by atoms with van der Waals surface area (Å²) in [5, 5.41) is 0. The molecule has 0 atom stereocenters. The third kappa shape index (κ3) is 7.27. The molecular weight excluding hydrogens is 312 g/mol. The van der Waals surface area contributed by atoms with Crippen molar-refractivity contribution in [3.8, 4) is 0 Å². The quantitative estimate of drug-likeness (QED) is 0.443. The highest BCUT2D eigenvalue weighted by atomic mass is 14.0. The van der Waals surface area contributed by atoms with Gasteiger partial charge in [-0.25, -0.2) is 0 Å². The topological polar surface area (TPSA) is 0 Å². The summed E-state index contributed by atoms with van der Waals surface area (Å²) in [6.45, 7) is 10.7. The van der Waals surface area contributed by atoms with Gasteiger partial charge < -0.3 is 0 Å². The highest BCUT2D eigenvalue weighted by Gasteiger charge is 1.99. The molecule has 3 rings (SSSR count). The fourth-order valence-electron chi connectivity index (χ4n) is 2.70. The molecule has 0 radical (unpaired) electrons. The predicted molar refractivity (Wildman–Crippen MR) is 119 cm³/mol. The Hall–Kier alpha value is -2.34.